The third kappa shape index (κ3) is 3.51. The molecular formula is C15H9F5N6O3. The summed E-state index contributed by atoms with van der Waals surface area (Å²) in [6.07, 6.45) is 1.97. The topological polar surface area (TPSA) is 108 Å². The zero-order valence-electron chi connectivity index (χ0n) is 14.3. The lowest BCUT2D eigenvalue weighted by Gasteiger charge is -2.08. The summed E-state index contributed by atoms with van der Waals surface area (Å²) in [5, 5.41) is 20.5. The number of carbonyl (C=O) groups excluding carboxylic acids is 1. The van der Waals surface area contributed by atoms with Crippen LogP contribution in [-0.2, 0) is 13.6 Å². The molecule has 0 bridgehead atoms. The molecule has 0 aliphatic rings. The lowest BCUT2D eigenvalue weighted by atomic mass is 10.1. The van der Waals surface area contributed by atoms with Gasteiger partial charge >= 0.3 is 5.69 Å². The van der Waals surface area contributed by atoms with E-state index in [4.69, 9.17) is 0 Å². The van der Waals surface area contributed by atoms with Gasteiger partial charge in [-0.2, -0.15) is 10.2 Å². The first kappa shape index (κ1) is 19.9. The molecule has 2 heterocycles. The molecule has 1 N–H and O–H groups in total. The molecule has 3 rings (SSSR count). The molecule has 0 radical (unpaired) electrons. The highest BCUT2D eigenvalue weighted by Gasteiger charge is 2.27. The Bertz CT molecular complexity index is 1110. The van der Waals surface area contributed by atoms with Crippen LogP contribution >= 0.6 is 0 Å². The maximum Gasteiger partial charge on any atom is 0.320 e. The van der Waals surface area contributed by atoms with Crippen LogP contribution in [0, 0.1) is 39.2 Å². The van der Waals surface area contributed by atoms with Gasteiger partial charge in [-0.25, -0.2) is 22.0 Å². The molecule has 0 aliphatic heterocycles. The standard InChI is InChI=1S/C15H9F5N6O3/c1-24-14(7(4-21-24)26(28)29)15(27)22-8-2-3-25(23-8)5-6-9(16)11(18)13(20)12(19)10(6)17/h2-4H,5H2,1H3,(H,22,23,27). The summed E-state index contributed by atoms with van der Waals surface area (Å²) in [6, 6.07) is 1.16. The Morgan fingerprint density at radius 3 is 2.31 bits per heavy atom. The number of halogens is 5. The molecule has 152 valence electrons. The lowest BCUT2D eigenvalue weighted by molar-refractivity contribution is -0.385. The molecule has 1 aromatic carbocycles. The van der Waals surface area contributed by atoms with Gasteiger partial charge in [0.2, 0.25) is 11.5 Å². The zero-order valence-corrected chi connectivity index (χ0v) is 14.3. The van der Waals surface area contributed by atoms with E-state index in [2.05, 4.69) is 15.5 Å². The smallest absolute Gasteiger partial charge is 0.304 e. The Morgan fingerprint density at radius 1 is 1.14 bits per heavy atom. The predicted molar refractivity (Wildman–Crippen MR) is 85.4 cm³/mol. The summed E-state index contributed by atoms with van der Waals surface area (Å²) in [5.41, 5.74) is -2.07. The third-order valence-electron chi connectivity index (χ3n) is 3.83. The average Bonchev–Trinajstić information content (AvgIpc) is 3.28. The van der Waals surface area contributed by atoms with Crippen LogP contribution in [0.3, 0.4) is 0 Å². The van der Waals surface area contributed by atoms with E-state index >= 15 is 0 Å². The van der Waals surface area contributed by atoms with Gasteiger partial charge in [0.05, 0.1) is 17.0 Å². The van der Waals surface area contributed by atoms with Gasteiger partial charge in [-0.05, 0) is 0 Å². The molecule has 0 saturated heterocycles. The number of anilines is 1. The fourth-order valence-corrected chi connectivity index (χ4v) is 2.47. The Balaban J connectivity index is 1.84. The van der Waals surface area contributed by atoms with Crippen molar-refractivity contribution in [2.45, 2.75) is 6.54 Å². The molecule has 2 aromatic heterocycles. The molecule has 29 heavy (non-hydrogen) atoms. The molecule has 1 amide bonds. The van der Waals surface area contributed by atoms with E-state index in [0.717, 1.165) is 27.8 Å². The quantitative estimate of drug-likeness (QED) is 0.226. The highest BCUT2D eigenvalue weighted by atomic mass is 19.2. The Labute approximate surface area is 157 Å². The van der Waals surface area contributed by atoms with Gasteiger partial charge in [-0.15, -0.1) is 0 Å². The summed E-state index contributed by atoms with van der Waals surface area (Å²) in [6.45, 7) is -0.826. The van der Waals surface area contributed by atoms with E-state index in [1.165, 1.54) is 7.05 Å². The second kappa shape index (κ2) is 7.29. The maximum absolute atomic E-state index is 13.8. The summed E-state index contributed by atoms with van der Waals surface area (Å²) in [4.78, 5) is 22.4. The van der Waals surface area contributed by atoms with Crippen molar-refractivity contribution >= 4 is 17.4 Å². The minimum absolute atomic E-state index is 0.186. The third-order valence-corrected chi connectivity index (χ3v) is 3.83. The summed E-state index contributed by atoms with van der Waals surface area (Å²) >= 11 is 0. The normalized spacial score (nSPS) is 11.0. The monoisotopic (exact) mass is 416 g/mol. The van der Waals surface area contributed by atoms with Crippen molar-refractivity contribution < 1.29 is 31.7 Å². The van der Waals surface area contributed by atoms with E-state index in [9.17, 15) is 36.9 Å². The maximum atomic E-state index is 13.8. The Hall–Kier alpha value is -3.84. The Morgan fingerprint density at radius 2 is 1.72 bits per heavy atom. The number of aryl methyl sites for hydroxylation is 1. The second-order valence-corrected chi connectivity index (χ2v) is 5.66. The van der Waals surface area contributed by atoms with Gasteiger partial charge in [-0.1, -0.05) is 0 Å². The van der Waals surface area contributed by atoms with E-state index in [1.807, 2.05) is 0 Å². The first-order valence-corrected chi connectivity index (χ1v) is 7.63. The number of nitrogens with one attached hydrogen (secondary N) is 1. The number of nitro groups is 1. The molecule has 0 unspecified atom stereocenters. The Kier molecular flexibility index (Phi) is 5.01. The van der Waals surface area contributed by atoms with Crippen LogP contribution in [-0.4, -0.2) is 30.4 Å². The summed E-state index contributed by atoms with van der Waals surface area (Å²) in [5.74, 6) is -11.6. The van der Waals surface area contributed by atoms with Crippen LogP contribution in [0.5, 0.6) is 0 Å². The highest BCUT2D eigenvalue weighted by Crippen LogP contribution is 2.24. The first-order chi connectivity index (χ1) is 13.6. The summed E-state index contributed by atoms with van der Waals surface area (Å²) < 4.78 is 68.9. The van der Waals surface area contributed by atoms with Gasteiger partial charge in [-0.3, -0.25) is 24.3 Å². The minimum atomic E-state index is -2.28. The minimum Gasteiger partial charge on any atom is -0.304 e. The van der Waals surface area contributed by atoms with Crippen LogP contribution in [0.25, 0.3) is 0 Å². The molecule has 0 aliphatic carbocycles. The predicted octanol–water partition coefficient (Wildman–Crippen LogP) is 2.52. The SMILES string of the molecule is Cn1ncc([N+](=O)[O-])c1C(=O)Nc1ccn(Cc2c(F)c(F)c(F)c(F)c2F)n1. The van der Waals surface area contributed by atoms with Crippen LogP contribution in [0.4, 0.5) is 33.5 Å². The lowest BCUT2D eigenvalue weighted by Crippen LogP contribution is -2.18. The van der Waals surface area contributed by atoms with Gasteiger partial charge in [0.25, 0.3) is 5.91 Å². The molecule has 0 saturated carbocycles. The van der Waals surface area contributed by atoms with Gasteiger partial charge in [0, 0.05) is 19.3 Å². The number of amides is 1. The highest BCUT2D eigenvalue weighted by molar-refractivity contribution is 6.05. The first-order valence-electron chi connectivity index (χ1n) is 7.63. The van der Waals surface area contributed by atoms with Crippen LogP contribution in [0.1, 0.15) is 16.1 Å². The van der Waals surface area contributed by atoms with Crippen molar-refractivity contribution in [3.8, 4) is 0 Å². The summed E-state index contributed by atoms with van der Waals surface area (Å²) in [7, 11) is 1.30. The van der Waals surface area contributed by atoms with Crippen molar-refractivity contribution in [1.29, 1.82) is 0 Å². The fourth-order valence-electron chi connectivity index (χ4n) is 2.47. The molecule has 0 fully saturated rings. The van der Waals surface area contributed by atoms with E-state index in [0.29, 0.717) is 0 Å². The van der Waals surface area contributed by atoms with Crippen LogP contribution < -0.4 is 5.32 Å². The number of carbonyl (C=O) groups is 1. The van der Waals surface area contributed by atoms with E-state index < -0.39 is 57.7 Å². The van der Waals surface area contributed by atoms with E-state index in [-0.39, 0.29) is 11.5 Å². The van der Waals surface area contributed by atoms with Gasteiger partial charge in [0.15, 0.2) is 29.1 Å². The second-order valence-electron chi connectivity index (χ2n) is 5.66. The van der Waals surface area contributed by atoms with Gasteiger partial charge in [0.1, 0.15) is 6.20 Å². The number of hydrogen-bond acceptors (Lipinski definition) is 5. The van der Waals surface area contributed by atoms with Crippen molar-refractivity contribution in [2.75, 3.05) is 5.32 Å². The molecule has 9 nitrogen and oxygen atoms in total. The van der Waals surface area contributed by atoms with E-state index in [1.54, 1.807) is 0 Å². The molecule has 0 spiro atoms. The number of hydrogen-bond donors (Lipinski definition) is 1. The number of benzene rings is 1. The molecule has 3 aromatic rings. The molecule has 0 atom stereocenters. The number of nitrogens with zero attached hydrogens (tertiary/aromatic N) is 5. The largest absolute Gasteiger partial charge is 0.320 e. The van der Waals surface area contributed by atoms with Crippen molar-refractivity contribution in [2.24, 2.45) is 7.05 Å². The zero-order chi connectivity index (χ0) is 21.5. The van der Waals surface area contributed by atoms with Crippen LogP contribution in [0.2, 0.25) is 0 Å². The van der Waals surface area contributed by atoms with Crippen LogP contribution in [0.15, 0.2) is 18.5 Å². The number of rotatable bonds is 5. The average molecular weight is 416 g/mol. The van der Waals surface area contributed by atoms with Crippen molar-refractivity contribution in [3.63, 3.8) is 0 Å². The number of aromatic nitrogens is 4. The van der Waals surface area contributed by atoms with Crippen molar-refractivity contribution in [3.05, 3.63) is 68.9 Å². The van der Waals surface area contributed by atoms with Crippen molar-refractivity contribution in [1.82, 2.24) is 19.6 Å². The fraction of sp³-hybridized carbons (Fsp3) is 0.133. The molecular weight excluding hydrogens is 407 g/mol. The van der Waals surface area contributed by atoms with Gasteiger partial charge < -0.3 is 5.32 Å². The molecule has 14 heteroatoms.